The van der Waals surface area contributed by atoms with E-state index in [0.717, 1.165) is 23.6 Å². The fourth-order valence-corrected chi connectivity index (χ4v) is 1.73. The van der Waals surface area contributed by atoms with Gasteiger partial charge < -0.3 is 10.5 Å². The van der Waals surface area contributed by atoms with E-state index in [-0.39, 0.29) is 12.1 Å². The Balaban J connectivity index is 2.20. The Labute approximate surface area is 82.6 Å². The van der Waals surface area contributed by atoms with Crippen LogP contribution >= 0.6 is 11.6 Å². The summed E-state index contributed by atoms with van der Waals surface area (Å²) >= 11 is 5.78. The molecule has 0 radical (unpaired) electrons. The van der Waals surface area contributed by atoms with Crippen LogP contribution in [0.5, 0.6) is 0 Å². The molecule has 1 aliphatic heterocycles. The molecule has 0 bridgehead atoms. The van der Waals surface area contributed by atoms with Crippen molar-refractivity contribution in [3.8, 4) is 0 Å². The SMILES string of the molecule is N[C@@H]1CCO[C@@H]1c1ccc(Cl)cc1. The van der Waals surface area contributed by atoms with E-state index in [1.165, 1.54) is 0 Å². The highest BCUT2D eigenvalue weighted by Crippen LogP contribution is 2.28. The molecule has 1 aromatic carbocycles. The molecule has 2 atom stereocenters. The van der Waals surface area contributed by atoms with Crippen molar-refractivity contribution < 1.29 is 4.74 Å². The largest absolute Gasteiger partial charge is 0.372 e. The second kappa shape index (κ2) is 3.66. The second-order valence-electron chi connectivity index (χ2n) is 3.30. The highest BCUT2D eigenvalue weighted by Gasteiger charge is 2.25. The topological polar surface area (TPSA) is 35.2 Å². The summed E-state index contributed by atoms with van der Waals surface area (Å²) in [6.45, 7) is 0.758. The number of nitrogens with two attached hydrogens (primary N) is 1. The van der Waals surface area contributed by atoms with Crippen LogP contribution in [-0.2, 0) is 4.74 Å². The summed E-state index contributed by atoms with van der Waals surface area (Å²) in [5, 5.41) is 0.746. The maximum absolute atomic E-state index is 5.89. The summed E-state index contributed by atoms with van der Waals surface area (Å²) in [4.78, 5) is 0. The lowest BCUT2D eigenvalue weighted by molar-refractivity contribution is 0.105. The van der Waals surface area contributed by atoms with Crippen molar-refractivity contribution in [3.63, 3.8) is 0 Å². The molecule has 70 valence electrons. The predicted molar refractivity (Wildman–Crippen MR) is 52.7 cm³/mol. The first-order chi connectivity index (χ1) is 6.27. The second-order valence-corrected chi connectivity index (χ2v) is 3.73. The summed E-state index contributed by atoms with van der Waals surface area (Å²) in [5.41, 5.74) is 7.01. The van der Waals surface area contributed by atoms with Crippen LogP contribution in [0.25, 0.3) is 0 Å². The first-order valence-corrected chi connectivity index (χ1v) is 4.78. The van der Waals surface area contributed by atoms with Gasteiger partial charge in [0.15, 0.2) is 0 Å². The first kappa shape index (κ1) is 9.00. The van der Waals surface area contributed by atoms with Crippen molar-refractivity contribution in [2.45, 2.75) is 18.6 Å². The third kappa shape index (κ3) is 1.85. The smallest absolute Gasteiger partial charge is 0.0976 e. The molecule has 13 heavy (non-hydrogen) atoms. The van der Waals surface area contributed by atoms with Gasteiger partial charge in [0.05, 0.1) is 6.10 Å². The van der Waals surface area contributed by atoms with Gasteiger partial charge >= 0.3 is 0 Å². The van der Waals surface area contributed by atoms with Crippen molar-refractivity contribution in [2.24, 2.45) is 5.73 Å². The zero-order valence-corrected chi connectivity index (χ0v) is 8.00. The minimum Gasteiger partial charge on any atom is -0.372 e. The van der Waals surface area contributed by atoms with E-state index in [0.29, 0.717) is 0 Å². The van der Waals surface area contributed by atoms with Crippen LogP contribution in [0.2, 0.25) is 5.02 Å². The van der Waals surface area contributed by atoms with Gasteiger partial charge in [-0.25, -0.2) is 0 Å². The summed E-state index contributed by atoms with van der Waals surface area (Å²) in [6.07, 6.45) is 0.991. The molecule has 2 rings (SSSR count). The first-order valence-electron chi connectivity index (χ1n) is 4.40. The summed E-state index contributed by atoms with van der Waals surface area (Å²) < 4.78 is 5.52. The maximum atomic E-state index is 5.89. The fourth-order valence-electron chi connectivity index (χ4n) is 1.60. The number of hydrogen-bond donors (Lipinski definition) is 1. The molecule has 0 amide bonds. The normalized spacial score (nSPS) is 27.8. The maximum Gasteiger partial charge on any atom is 0.0976 e. The molecule has 1 heterocycles. The standard InChI is InChI=1S/C10H12ClNO/c11-8-3-1-7(2-4-8)10-9(12)5-6-13-10/h1-4,9-10H,5-6,12H2/t9-,10-/m1/s1. The lowest BCUT2D eigenvalue weighted by Gasteiger charge is -2.14. The molecular weight excluding hydrogens is 186 g/mol. The van der Waals surface area contributed by atoms with Crippen LogP contribution < -0.4 is 5.73 Å². The van der Waals surface area contributed by atoms with Crippen LogP contribution in [0.4, 0.5) is 0 Å². The lowest BCUT2D eigenvalue weighted by atomic mass is 10.0. The van der Waals surface area contributed by atoms with Crippen molar-refractivity contribution in [1.29, 1.82) is 0 Å². The van der Waals surface area contributed by atoms with Gasteiger partial charge in [0.2, 0.25) is 0 Å². The van der Waals surface area contributed by atoms with Crippen LogP contribution in [0, 0.1) is 0 Å². The third-order valence-corrected chi connectivity index (χ3v) is 2.59. The van der Waals surface area contributed by atoms with Gasteiger partial charge in [-0.15, -0.1) is 0 Å². The Morgan fingerprint density at radius 3 is 2.54 bits per heavy atom. The van der Waals surface area contributed by atoms with Crippen molar-refractivity contribution >= 4 is 11.6 Å². The average molecular weight is 198 g/mol. The molecule has 0 aromatic heterocycles. The van der Waals surface area contributed by atoms with Crippen LogP contribution in [-0.4, -0.2) is 12.6 Å². The van der Waals surface area contributed by atoms with Gasteiger partial charge in [0, 0.05) is 17.7 Å². The van der Waals surface area contributed by atoms with E-state index in [2.05, 4.69) is 0 Å². The number of ether oxygens (including phenoxy) is 1. The molecule has 1 saturated heterocycles. The highest BCUT2D eigenvalue weighted by molar-refractivity contribution is 6.30. The molecular formula is C10H12ClNO. The van der Waals surface area contributed by atoms with E-state index in [9.17, 15) is 0 Å². The van der Waals surface area contributed by atoms with E-state index >= 15 is 0 Å². The zero-order valence-electron chi connectivity index (χ0n) is 7.24. The molecule has 0 unspecified atom stereocenters. The molecule has 1 aromatic rings. The van der Waals surface area contributed by atoms with Gasteiger partial charge in [-0.2, -0.15) is 0 Å². The van der Waals surface area contributed by atoms with Gasteiger partial charge in [0.1, 0.15) is 0 Å². The minimum atomic E-state index is 0.0530. The quantitative estimate of drug-likeness (QED) is 0.749. The van der Waals surface area contributed by atoms with Crippen LogP contribution in [0.1, 0.15) is 18.1 Å². The molecule has 1 aliphatic rings. The van der Waals surface area contributed by atoms with Crippen LogP contribution in [0.3, 0.4) is 0 Å². The summed E-state index contributed by atoms with van der Waals surface area (Å²) in [7, 11) is 0. The molecule has 0 aliphatic carbocycles. The molecule has 1 fully saturated rings. The van der Waals surface area contributed by atoms with E-state index < -0.39 is 0 Å². The molecule has 3 heteroatoms. The molecule has 0 spiro atoms. The van der Waals surface area contributed by atoms with Gasteiger partial charge in [-0.05, 0) is 24.1 Å². The third-order valence-electron chi connectivity index (χ3n) is 2.34. The summed E-state index contributed by atoms with van der Waals surface area (Å²) in [5.74, 6) is 0. The van der Waals surface area contributed by atoms with Crippen molar-refractivity contribution in [3.05, 3.63) is 34.9 Å². The Morgan fingerprint density at radius 1 is 1.31 bits per heavy atom. The van der Waals surface area contributed by atoms with Crippen molar-refractivity contribution in [1.82, 2.24) is 0 Å². The monoisotopic (exact) mass is 197 g/mol. The van der Waals surface area contributed by atoms with E-state index in [1.807, 2.05) is 24.3 Å². The van der Waals surface area contributed by atoms with E-state index in [1.54, 1.807) is 0 Å². The Hall–Kier alpha value is -0.570. The van der Waals surface area contributed by atoms with Gasteiger partial charge in [-0.1, -0.05) is 23.7 Å². The Bertz CT molecular complexity index is 285. The number of hydrogen-bond acceptors (Lipinski definition) is 2. The average Bonchev–Trinajstić information content (AvgIpc) is 2.53. The number of halogens is 1. The van der Waals surface area contributed by atoms with Crippen LogP contribution in [0.15, 0.2) is 24.3 Å². The predicted octanol–water partition coefficient (Wildman–Crippen LogP) is 2.13. The summed E-state index contributed by atoms with van der Waals surface area (Å²) in [6, 6.07) is 7.80. The van der Waals surface area contributed by atoms with E-state index in [4.69, 9.17) is 22.1 Å². The zero-order chi connectivity index (χ0) is 9.26. The molecule has 0 saturated carbocycles. The lowest BCUT2D eigenvalue weighted by Crippen LogP contribution is -2.23. The Kier molecular flexibility index (Phi) is 2.54. The number of rotatable bonds is 1. The Morgan fingerprint density at radius 2 is 2.00 bits per heavy atom. The number of benzene rings is 1. The highest BCUT2D eigenvalue weighted by atomic mass is 35.5. The fraction of sp³-hybridized carbons (Fsp3) is 0.400. The minimum absolute atomic E-state index is 0.0530. The van der Waals surface area contributed by atoms with Gasteiger partial charge in [-0.3, -0.25) is 0 Å². The van der Waals surface area contributed by atoms with Gasteiger partial charge in [0.25, 0.3) is 0 Å². The molecule has 2 N–H and O–H groups in total. The molecule has 2 nitrogen and oxygen atoms in total. The van der Waals surface area contributed by atoms with Crippen molar-refractivity contribution in [2.75, 3.05) is 6.61 Å².